The van der Waals surface area contributed by atoms with Gasteiger partial charge in [-0.1, -0.05) is 18.6 Å². The van der Waals surface area contributed by atoms with Crippen LogP contribution in [0.3, 0.4) is 0 Å². The molecule has 0 radical (unpaired) electrons. The summed E-state index contributed by atoms with van der Waals surface area (Å²) in [4.78, 5) is 24.0. The van der Waals surface area contributed by atoms with Crippen LogP contribution >= 0.6 is 0 Å². The standard InChI is InChI=1S/C19H25NO4/c1-2-23-17-6-4-3-5-16(17)20-18(21)12-24-19(22)11-15-10-13-7-8-14(15)9-13/h3-6,13-15H,2,7-12H2,1H3,(H,20,21)/t13-,14+,15+/m0/s1. The third kappa shape index (κ3) is 4.08. The molecule has 1 aromatic carbocycles. The van der Waals surface area contributed by atoms with Crippen molar-refractivity contribution in [3.63, 3.8) is 0 Å². The number of anilines is 1. The van der Waals surface area contributed by atoms with Gasteiger partial charge in [-0.3, -0.25) is 9.59 Å². The first-order valence-corrected chi connectivity index (χ1v) is 8.83. The number of nitrogens with one attached hydrogen (secondary N) is 1. The molecule has 5 nitrogen and oxygen atoms in total. The SMILES string of the molecule is CCOc1ccccc1NC(=O)COC(=O)C[C@H]1C[C@H]2CC[C@@H]1C2. The van der Waals surface area contributed by atoms with Crippen LogP contribution in [0.4, 0.5) is 5.69 Å². The summed E-state index contributed by atoms with van der Waals surface area (Å²) in [5.74, 6) is 1.96. The first kappa shape index (κ1) is 16.8. The molecular formula is C19H25NO4. The molecule has 1 N–H and O–H groups in total. The fourth-order valence-electron chi connectivity index (χ4n) is 4.08. The van der Waals surface area contributed by atoms with Crippen LogP contribution in [-0.4, -0.2) is 25.1 Å². The van der Waals surface area contributed by atoms with Crippen LogP contribution in [0.1, 0.15) is 39.0 Å². The Kier molecular flexibility index (Phi) is 5.38. The Morgan fingerprint density at radius 2 is 2.04 bits per heavy atom. The predicted octanol–water partition coefficient (Wildman–Crippen LogP) is 3.39. The van der Waals surface area contributed by atoms with Gasteiger partial charge in [0.15, 0.2) is 6.61 Å². The number of rotatable bonds is 7. The summed E-state index contributed by atoms with van der Waals surface area (Å²) in [6.45, 7) is 2.15. The van der Waals surface area contributed by atoms with E-state index in [1.165, 1.54) is 19.3 Å². The van der Waals surface area contributed by atoms with Crippen LogP contribution in [0.2, 0.25) is 0 Å². The summed E-state index contributed by atoms with van der Waals surface area (Å²) in [7, 11) is 0. The van der Waals surface area contributed by atoms with Crippen molar-refractivity contribution in [2.24, 2.45) is 17.8 Å². The highest BCUT2D eigenvalue weighted by molar-refractivity contribution is 5.94. The Labute approximate surface area is 142 Å². The molecule has 3 atom stereocenters. The van der Waals surface area contributed by atoms with E-state index < -0.39 is 0 Å². The van der Waals surface area contributed by atoms with E-state index in [1.807, 2.05) is 19.1 Å². The van der Waals surface area contributed by atoms with E-state index in [0.717, 1.165) is 12.3 Å². The summed E-state index contributed by atoms with van der Waals surface area (Å²) in [6.07, 6.45) is 5.43. The van der Waals surface area contributed by atoms with Crippen molar-refractivity contribution >= 4 is 17.6 Å². The van der Waals surface area contributed by atoms with Crippen LogP contribution < -0.4 is 10.1 Å². The monoisotopic (exact) mass is 331 g/mol. The first-order valence-electron chi connectivity index (χ1n) is 8.83. The van der Waals surface area contributed by atoms with E-state index in [4.69, 9.17) is 9.47 Å². The molecule has 0 aromatic heterocycles. The minimum absolute atomic E-state index is 0.250. The molecule has 5 heteroatoms. The summed E-state index contributed by atoms with van der Waals surface area (Å²) in [6, 6.07) is 7.22. The Morgan fingerprint density at radius 1 is 1.21 bits per heavy atom. The van der Waals surface area contributed by atoms with Gasteiger partial charge in [0.05, 0.1) is 12.3 Å². The number of fused-ring (bicyclic) bond motifs is 2. The van der Waals surface area contributed by atoms with Gasteiger partial charge in [-0.15, -0.1) is 0 Å². The predicted molar refractivity (Wildman–Crippen MR) is 90.8 cm³/mol. The highest BCUT2D eigenvalue weighted by Crippen LogP contribution is 2.49. The summed E-state index contributed by atoms with van der Waals surface area (Å²) in [5.41, 5.74) is 0.591. The topological polar surface area (TPSA) is 64.6 Å². The summed E-state index contributed by atoms with van der Waals surface area (Å²) >= 11 is 0. The molecule has 2 bridgehead atoms. The lowest BCUT2D eigenvalue weighted by atomic mass is 9.86. The molecule has 24 heavy (non-hydrogen) atoms. The van der Waals surface area contributed by atoms with Gasteiger partial charge in [-0.05, 0) is 56.1 Å². The van der Waals surface area contributed by atoms with Crippen molar-refractivity contribution < 1.29 is 19.1 Å². The third-order valence-corrected chi connectivity index (χ3v) is 5.14. The number of hydrogen-bond acceptors (Lipinski definition) is 4. The van der Waals surface area contributed by atoms with Gasteiger partial charge in [0.25, 0.3) is 5.91 Å². The molecule has 0 unspecified atom stereocenters. The number of ether oxygens (including phenoxy) is 2. The quantitative estimate of drug-likeness (QED) is 0.778. The lowest BCUT2D eigenvalue weighted by Crippen LogP contribution is -2.23. The molecule has 0 aliphatic heterocycles. The molecule has 2 aliphatic carbocycles. The number of para-hydroxylation sites is 2. The van der Waals surface area contributed by atoms with Crippen molar-refractivity contribution in [3.8, 4) is 5.75 Å². The van der Waals surface area contributed by atoms with Crippen LogP contribution in [0, 0.1) is 17.8 Å². The number of hydrogen-bond donors (Lipinski definition) is 1. The second-order valence-corrected chi connectivity index (χ2v) is 6.78. The van der Waals surface area contributed by atoms with Gasteiger partial charge < -0.3 is 14.8 Å². The Balaban J connectivity index is 1.43. The zero-order valence-electron chi connectivity index (χ0n) is 14.1. The van der Waals surface area contributed by atoms with Gasteiger partial charge in [0.2, 0.25) is 0 Å². The van der Waals surface area contributed by atoms with Crippen molar-refractivity contribution in [1.82, 2.24) is 0 Å². The van der Waals surface area contributed by atoms with E-state index in [0.29, 0.717) is 36.3 Å². The largest absolute Gasteiger partial charge is 0.492 e. The van der Waals surface area contributed by atoms with Crippen molar-refractivity contribution in [1.29, 1.82) is 0 Å². The lowest BCUT2D eigenvalue weighted by Gasteiger charge is -2.20. The van der Waals surface area contributed by atoms with Crippen LogP contribution in [0.15, 0.2) is 24.3 Å². The molecule has 2 aliphatic rings. The zero-order chi connectivity index (χ0) is 16.9. The molecule has 0 spiro atoms. The summed E-state index contributed by atoms with van der Waals surface area (Å²) < 4.78 is 10.6. The molecule has 2 saturated carbocycles. The van der Waals surface area contributed by atoms with Crippen molar-refractivity contribution in [2.75, 3.05) is 18.5 Å². The number of esters is 1. The van der Waals surface area contributed by atoms with E-state index in [2.05, 4.69) is 5.32 Å². The fourth-order valence-corrected chi connectivity index (χ4v) is 4.08. The molecule has 1 aromatic rings. The van der Waals surface area contributed by atoms with Crippen LogP contribution in [0.25, 0.3) is 0 Å². The third-order valence-electron chi connectivity index (χ3n) is 5.14. The van der Waals surface area contributed by atoms with E-state index >= 15 is 0 Å². The molecule has 0 heterocycles. The van der Waals surface area contributed by atoms with Crippen molar-refractivity contribution in [3.05, 3.63) is 24.3 Å². The second kappa shape index (κ2) is 7.69. The van der Waals surface area contributed by atoms with E-state index in [9.17, 15) is 9.59 Å². The Hall–Kier alpha value is -2.04. The Morgan fingerprint density at radius 3 is 2.75 bits per heavy atom. The normalized spacial score (nSPS) is 24.6. The molecule has 3 rings (SSSR count). The average Bonchev–Trinajstić information content (AvgIpc) is 3.18. The summed E-state index contributed by atoms with van der Waals surface area (Å²) in [5, 5.41) is 2.73. The lowest BCUT2D eigenvalue weighted by molar-refractivity contribution is -0.148. The molecule has 2 fully saturated rings. The molecule has 0 saturated heterocycles. The average molecular weight is 331 g/mol. The van der Waals surface area contributed by atoms with E-state index in [-0.39, 0.29) is 18.5 Å². The van der Waals surface area contributed by atoms with Gasteiger partial charge in [-0.25, -0.2) is 0 Å². The number of carbonyl (C=O) groups excluding carboxylic acids is 2. The molecule has 130 valence electrons. The highest BCUT2D eigenvalue weighted by Gasteiger charge is 2.40. The van der Waals surface area contributed by atoms with E-state index in [1.54, 1.807) is 12.1 Å². The maximum absolute atomic E-state index is 12.0. The van der Waals surface area contributed by atoms with Crippen LogP contribution in [-0.2, 0) is 14.3 Å². The van der Waals surface area contributed by atoms with Gasteiger partial charge in [0.1, 0.15) is 5.75 Å². The molecule has 1 amide bonds. The number of carbonyl (C=O) groups is 2. The van der Waals surface area contributed by atoms with Gasteiger partial charge in [0, 0.05) is 6.42 Å². The fraction of sp³-hybridized carbons (Fsp3) is 0.579. The highest BCUT2D eigenvalue weighted by atomic mass is 16.5. The van der Waals surface area contributed by atoms with Crippen LogP contribution in [0.5, 0.6) is 5.75 Å². The number of amides is 1. The van der Waals surface area contributed by atoms with Gasteiger partial charge >= 0.3 is 5.97 Å². The maximum atomic E-state index is 12.0. The first-order chi connectivity index (χ1) is 11.7. The minimum Gasteiger partial charge on any atom is -0.492 e. The minimum atomic E-state index is -0.344. The number of benzene rings is 1. The maximum Gasteiger partial charge on any atom is 0.306 e. The smallest absolute Gasteiger partial charge is 0.306 e. The Bertz CT molecular complexity index is 601. The second-order valence-electron chi connectivity index (χ2n) is 6.78. The zero-order valence-corrected chi connectivity index (χ0v) is 14.1. The molecular weight excluding hydrogens is 306 g/mol. The van der Waals surface area contributed by atoms with Gasteiger partial charge in [-0.2, -0.15) is 0 Å². The van der Waals surface area contributed by atoms with Crippen molar-refractivity contribution in [2.45, 2.75) is 39.0 Å².